The Kier molecular flexibility index (Phi) is 2.76. The predicted molar refractivity (Wildman–Crippen MR) is 74.1 cm³/mol. The number of aromatic nitrogens is 3. The van der Waals surface area contributed by atoms with Crippen molar-refractivity contribution < 1.29 is 0 Å². The van der Waals surface area contributed by atoms with E-state index in [0.717, 1.165) is 17.8 Å². The summed E-state index contributed by atoms with van der Waals surface area (Å²) in [6.45, 7) is 4.92. The van der Waals surface area contributed by atoms with Crippen LogP contribution in [0.15, 0.2) is 30.5 Å². The third kappa shape index (κ3) is 2.09. The van der Waals surface area contributed by atoms with Gasteiger partial charge in [-0.25, -0.2) is 4.52 Å². The molecule has 0 aliphatic carbocycles. The highest BCUT2D eigenvalue weighted by atomic mass is 32.1. The minimum atomic E-state index is 0.676. The van der Waals surface area contributed by atoms with Gasteiger partial charge in [0, 0.05) is 16.0 Å². The Morgan fingerprint density at radius 1 is 1.28 bits per heavy atom. The number of pyridine rings is 1. The van der Waals surface area contributed by atoms with Crippen molar-refractivity contribution in [1.29, 1.82) is 0 Å². The van der Waals surface area contributed by atoms with Crippen molar-refractivity contribution in [3.05, 3.63) is 45.8 Å². The second-order valence-electron chi connectivity index (χ2n) is 4.26. The molecular weight excluding hydrogens is 244 g/mol. The molecule has 0 aliphatic rings. The first-order valence-electron chi connectivity index (χ1n) is 5.83. The molecule has 3 aromatic heterocycles. The molecule has 0 aromatic carbocycles. The first kappa shape index (κ1) is 11.2. The summed E-state index contributed by atoms with van der Waals surface area (Å²) in [6, 6.07) is 8.27. The van der Waals surface area contributed by atoms with E-state index in [1.807, 2.05) is 25.3 Å². The van der Waals surface area contributed by atoms with Gasteiger partial charge in [0.2, 0.25) is 5.95 Å². The summed E-state index contributed by atoms with van der Waals surface area (Å²) in [7, 11) is 0. The van der Waals surface area contributed by atoms with Crippen LogP contribution in [0.25, 0.3) is 5.65 Å². The van der Waals surface area contributed by atoms with Gasteiger partial charge in [0.1, 0.15) is 0 Å². The van der Waals surface area contributed by atoms with Crippen LogP contribution in [0.5, 0.6) is 0 Å². The molecule has 0 spiro atoms. The lowest BCUT2D eigenvalue weighted by Crippen LogP contribution is -1.99. The molecule has 0 fully saturated rings. The zero-order valence-electron chi connectivity index (χ0n) is 10.3. The quantitative estimate of drug-likeness (QED) is 0.785. The molecule has 0 unspecified atom stereocenters. The smallest absolute Gasteiger partial charge is 0.243 e. The first-order chi connectivity index (χ1) is 8.72. The lowest BCUT2D eigenvalue weighted by Gasteiger charge is -1.97. The maximum Gasteiger partial charge on any atom is 0.243 e. The second-order valence-corrected chi connectivity index (χ2v) is 5.63. The molecule has 3 heterocycles. The number of hydrogen-bond donors (Lipinski definition) is 1. The van der Waals surface area contributed by atoms with E-state index >= 15 is 0 Å². The van der Waals surface area contributed by atoms with Crippen molar-refractivity contribution >= 4 is 22.9 Å². The topological polar surface area (TPSA) is 42.2 Å². The fourth-order valence-electron chi connectivity index (χ4n) is 1.86. The standard InChI is InChI=1S/C13H14N4S/c1-9-4-3-7-17-12(9)15-13(16-17)14-8-11-6-5-10(2)18-11/h3-7H,8H2,1-2H3,(H,14,16). The number of nitrogens with one attached hydrogen (secondary N) is 1. The Balaban J connectivity index is 1.81. The van der Waals surface area contributed by atoms with E-state index in [1.54, 1.807) is 15.9 Å². The van der Waals surface area contributed by atoms with Crippen molar-refractivity contribution in [2.75, 3.05) is 5.32 Å². The Morgan fingerprint density at radius 3 is 2.89 bits per heavy atom. The number of fused-ring (bicyclic) bond motifs is 1. The molecule has 92 valence electrons. The van der Waals surface area contributed by atoms with Crippen LogP contribution in [0.1, 0.15) is 15.3 Å². The average molecular weight is 258 g/mol. The van der Waals surface area contributed by atoms with Gasteiger partial charge in [0.05, 0.1) is 6.54 Å². The lowest BCUT2D eigenvalue weighted by atomic mass is 10.3. The van der Waals surface area contributed by atoms with Crippen LogP contribution >= 0.6 is 11.3 Å². The van der Waals surface area contributed by atoms with E-state index in [2.05, 4.69) is 34.5 Å². The molecule has 0 radical (unpaired) electrons. The maximum absolute atomic E-state index is 4.48. The van der Waals surface area contributed by atoms with Gasteiger partial charge in [0.25, 0.3) is 0 Å². The van der Waals surface area contributed by atoms with Crippen molar-refractivity contribution in [3.8, 4) is 0 Å². The number of rotatable bonds is 3. The molecule has 0 saturated heterocycles. The van der Waals surface area contributed by atoms with Gasteiger partial charge in [-0.15, -0.1) is 16.4 Å². The molecule has 0 amide bonds. The molecule has 5 heteroatoms. The zero-order valence-corrected chi connectivity index (χ0v) is 11.2. The fraction of sp³-hybridized carbons (Fsp3) is 0.231. The summed E-state index contributed by atoms with van der Waals surface area (Å²) < 4.78 is 1.80. The minimum Gasteiger partial charge on any atom is -0.348 e. The maximum atomic E-state index is 4.48. The molecule has 3 aromatic rings. The van der Waals surface area contributed by atoms with Gasteiger partial charge in [-0.3, -0.25) is 0 Å². The van der Waals surface area contributed by atoms with E-state index in [-0.39, 0.29) is 0 Å². The third-order valence-electron chi connectivity index (χ3n) is 2.77. The highest BCUT2D eigenvalue weighted by Gasteiger charge is 2.05. The SMILES string of the molecule is Cc1ccc(CNc2nc3c(C)cccn3n2)s1. The molecule has 3 rings (SSSR count). The Hall–Kier alpha value is -1.88. The lowest BCUT2D eigenvalue weighted by molar-refractivity contribution is 0.948. The first-order valence-corrected chi connectivity index (χ1v) is 6.65. The summed E-state index contributed by atoms with van der Waals surface area (Å²) >= 11 is 1.79. The van der Waals surface area contributed by atoms with Gasteiger partial charge >= 0.3 is 0 Å². The fourth-order valence-corrected chi connectivity index (χ4v) is 2.69. The molecular formula is C13H14N4S. The van der Waals surface area contributed by atoms with Crippen LogP contribution in [0.4, 0.5) is 5.95 Å². The highest BCUT2D eigenvalue weighted by molar-refractivity contribution is 7.11. The van der Waals surface area contributed by atoms with E-state index in [1.165, 1.54) is 9.75 Å². The molecule has 0 bridgehead atoms. The van der Waals surface area contributed by atoms with Crippen molar-refractivity contribution in [3.63, 3.8) is 0 Å². The molecule has 4 nitrogen and oxygen atoms in total. The number of hydrogen-bond acceptors (Lipinski definition) is 4. The molecule has 0 saturated carbocycles. The summed E-state index contributed by atoms with van der Waals surface area (Å²) in [5, 5.41) is 7.65. The van der Waals surface area contributed by atoms with Crippen LogP contribution in [0, 0.1) is 13.8 Å². The predicted octanol–water partition coefficient (Wildman–Crippen LogP) is 3.02. The van der Waals surface area contributed by atoms with Crippen LogP contribution < -0.4 is 5.32 Å². The van der Waals surface area contributed by atoms with E-state index in [4.69, 9.17) is 0 Å². The monoisotopic (exact) mass is 258 g/mol. The largest absolute Gasteiger partial charge is 0.348 e. The Bertz CT molecular complexity index is 683. The van der Waals surface area contributed by atoms with Gasteiger partial charge in [0.15, 0.2) is 5.65 Å². The van der Waals surface area contributed by atoms with Gasteiger partial charge < -0.3 is 5.32 Å². The number of thiophene rings is 1. The molecule has 0 atom stereocenters. The van der Waals surface area contributed by atoms with Crippen LogP contribution in [-0.2, 0) is 6.54 Å². The Morgan fingerprint density at radius 2 is 2.17 bits per heavy atom. The summed E-state index contributed by atoms with van der Waals surface area (Å²) in [4.78, 5) is 7.10. The zero-order chi connectivity index (χ0) is 12.5. The van der Waals surface area contributed by atoms with Gasteiger partial charge in [-0.1, -0.05) is 6.07 Å². The van der Waals surface area contributed by atoms with Crippen LogP contribution in [0.3, 0.4) is 0 Å². The van der Waals surface area contributed by atoms with Crippen molar-refractivity contribution in [2.24, 2.45) is 0 Å². The second kappa shape index (κ2) is 4.42. The van der Waals surface area contributed by atoms with Crippen LogP contribution in [-0.4, -0.2) is 14.6 Å². The van der Waals surface area contributed by atoms with E-state index in [0.29, 0.717) is 5.95 Å². The van der Waals surface area contributed by atoms with Crippen LogP contribution in [0.2, 0.25) is 0 Å². The van der Waals surface area contributed by atoms with E-state index < -0.39 is 0 Å². The summed E-state index contributed by atoms with van der Waals surface area (Å²) in [5.74, 6) is 0.676. The molecule has 0 aliphatic heterocycles. The highest BCUT2D eigenvalue weighted by Crippen LogP contribution is 2.16. The van der Waals surface area contributed by atoms with Gasteiger partial charge in [-0.2, -0.15) is 4.98 Å². The van der Waals surface area contributed by atoms with E-state index in [9.17, 15) is 0 Å². The number of aryl methyl sites for hydroxylation is 2. The third-order valence-corrected chi connectivity index (χ3v) is 3.77. The Labute approximate surface area is 109 Å². The summed E-state index contributed by atoms with van der Waals surface area (Å²) in [6.07, 6.45) is 1.91. The molecule has 1 N–H and O–H groups in total. The molecule has 18 heavy (non-hydrogen) atoms. The average Bonchev–Trinajstić information content (AvgIpc) is 2.93. The summed E-state index contributed by atoms with van der Waals surface area (Å²) in [5.41, 5.74) is 2.03. The normalized spacial score (nSPS) is 11.0. The number of nitrogens with zero attached hydrogens (tertiary/aromatic N) is 3. The number of anilines is 1. The minimum absolute atomic E-state index is 0.676. The van der Waals surface area contributed by atoms with Crippen molar-refractivity contribution in [2.45, 2.75) is 20.4 Å². The van der Waals surface area contributed by atoms with Crippen molar-refractivity contribution in [1.82, 2.24) is 14.6 Å². The van der Waals surface area contributed by atoms with Gasteiger partial charge in [-0.05, 0) is 37.6 Å².